The van der Waals surface area contributed by atoms with E-state index in [1.54, 1.807) is 18.5 Å². The molecule has 0 N–H and O–H groups in total. The Labute approximate surface area is 129 Å². The summed E-state index contributed by atoms with van der Waals surface area (Å²) in [6.45, 7) is 3.64. The Morgan fingerprint density at radius 3 is 2.73 bits per heavy atom. The van der Waals surface area contributed by atoms with Crippen molar-refractivity contribution in [1.29, 1.82) is 0 Å². The highest BCUT2D eigenvalue weighted by atomic mass is 16.6. The number of ether oxygens (including phenoxy) is 1. The Bertz CT molecular complexity index is 726. The lowest BCUT2D eigenvalue weighted by Crippen LogP contribution is -2.29. The standard InChI is InChI=1S/C18H17NO3/c1-13(2)22-18(20)19-10-8-15(17-16(19)9-11-21-17)12-14-6-4-3-5-7-14/h3-13H,1-2H3/b15-12-. The number of nitrogens with zero attached hydrogens (tertiary/aromatic N) is 1. The number of allylic oxidation sites excluding steroid dienone is 2. The summed E-state index contributed by atoms with van der Waals surface area (Å²) in [5.41, 5.74) is 2.68. The van der Waals surface area contributed by atoms with Gasteiger partial charge >= 0.3 is 6.09 Å². The Hall–Kier alpha value is -2.75. The molecule has 3 rings (SSSR count). The van der Waals surface area contributed by atoms with Crippen LogP contribution in [0, 0.1) is 0 Å². The number of carbonyl (C=O) groups excluding carboxylic acids is 1. The molecule has 0 atom stereocenters. The average molecular weight is 295 g/mol. The van der Waals surface area contributed by atoms with Crippen LogP contribution in [0.15, 0.2) is 59.4 Å². The van der Waals surface area contributed by atoms with E-state index >= 15 is 0 Å². The topological polar surface area (TPSA) is 42.7 Å². The van der Waals surface area contributed by atoms with E-state index in [9.17, 15) is 4.79 Å². The molecule has 1 aromatic carbocycles. The Morgan fingerprint density at radius 1 is 1.23 bits per heavy atom. The van der Waals surface area contributed by atoms with Crippen LogP contribution in [0.25, 0.3) is 11.6 Å². The molecule has 0 aliphatic carbocycles. The van der Waals surface area contributed by atoms with Crippen molar-refractivity contribution >= 4 is 23.4 Å². The predicted molar refractivity (Wildman–Crippen MR) is 86.3 cm³/mol. The van der Waals surface area contributed by atoms with E-state index < -0.39 is 6.09 Å². The van der Waals surface area contributed by atoms with Crippen LogP contribution in [0.1, 0.15) is 25.2 Å². The minimum atomic E-state index is -0.410. The van der Waals surface area contributed by atoms with Gasteiger partial charge in [0.1, 0.15) is 0 Å². The van der Waals surface area contributed by atoms with Crippen LogP contribution in [0.2, 0.25) is 0 Å². The lowest BCUT2D eigenvalue weighted by atomic mass is 10.1. The first kappa shape index (κ1) is 14.2. The van der Waals surface area contributed by atoms with Crippen molar-refractivity contribution in [3.63, 3.8) is 0 Å². The molecule has 0 saturated carbocycles. The fourth-order valence-corrected chi connectivity index (χ4v) is 2.28. The third-order valence-electron chi connectivity index (χ3n) is 3.22. The molecule has 4 heteroatoms. The summed E-state index contributed by atoms with van der Waals surface area (Å²) in [7, 11) is 0. The van der Waals surface area contributed by atoms with E-state index in [4.69, 9.17) is 9.15 Å². The fraction of sp³-hybridized carbons (Fsp3) is 0.167. The van der Waals surface area contributed by atoms with Gasteiger partial charge in [-0.1, -0.05) is 30.3 Å². The lowest BCUT2D eigenvalue weighted by molar-refractivity contribution is 0.124. The van der Waals surface area contributed by atoms with Gasteiger partial charge in [0.15, 0.2) is 5.76 Å². The fourth-order valence-electron chi connectivity index (χ4n) is 2.28. The van der Waals surface area contributed by atoms with Crippen LogP contribution >= 0.6 is 0 Å². The minimum absolute atomic E-state index is 0.169. The molecule has 1 aliphatic heterocycles. The second-order valence-electron chi connectivity index (χ2n) is 5.26. The Morgan fingerprint density at radius 2 is 2.00 bits per heavy atom. The van der Waals surface area contributed by atoms with Gasteiger partial charge in [0, 0.05) is 17.8 Å². The molecular formula is C18H17NO3. The van der Waals surface area contributed by atoms with E-state index in [0.717, 1.165) is 11.1 Å². The second kappa shape index (κ2) is 5.93. The summed E-state index contributed by atoms with van der Waals surface area (Å²) in [6.07, 6.45) is 6.57. The summed E-state index contributed by atoms with van der Waals surface area (Å²) in [5, 5.41) is 0. The molecule has 2 heterocycles. The van der Waals surface area contributed by atoms with E-state index in [2.05, 4.69) is 0 Å². The zero-order valence-corrected chi connectivity index (χ0v) is 12.5. The average Bonchev–Trinajstić information content (AvgIpc) is 2.97. The molecule has 0 spiro atoms. The molecule has 0 unspecified atom stereocenters. The molecule has 2 aromatic rings. The van der Waals surface area contributed by atoms with E-state index in [-0.39, 0.29) is 6.10 Å². The molecule has 0 fully saturated rings. The molecule has 112 valence electrons. The summed E-state index contributed by atoms with van der Waals surface area (Å²) in [4.78, 5) is 13.6. The first-order chi connectivity index (χ1) is 10.6. The number of hydrogen-bond donors (Lipinski definition) is 0. The monoisotopic (exact) mass is 295 g/mol. The van der Waals surface area contributed by atoms with Crippen molar-refractivity contribution in [2.75, 3.05) is 4.90 Å². The third kappa shape index (κ3) is 2.81. The molecule has 1 aromatic heterocycles. The largest absolute Gasteiger partial charge is 0.462 e. The minimum Gasteiger partial charge on any atom is -0.462 e. The number of hydrogen-bond acceptors (Lipinski definition) is 3. The number of anilines is 1. The first-order valence-electron chi connectivity index (χ1n) is 7.18. The maximum atomic E-state index is 12.1. The van der Waals surface area contributed by atoms with Crippen molar-refractivity contribution in [1.82, 2.24) is 0 Å². The third-order valence-corrected chi connectivity index (χ3v) is 3.22. The van der Waals surface area contributed by atoms with Gasteiger partial charge in [-0.3, -0.25) is 0 Å². The Balaban J connectivity index is 1.93. The normalized spacial score (nSPS) is 15.2. The van der Waals surface area contributed by atoms with Gasteiger partial charge in [0.25, 0.3) is 0 Å². The predicted octanol–water partition coefficient (Wildman–Crippen LogP) is 4.70. The van der Waals surface area contributed by atoms with Crippen LogP contribution in [0.3, 0.4) is 0 Å². The number of rotatable bonds is 2. The van der Waals surface area contributed by atoms with Crippen molar-refractivity contribution in [3.8, 4) is 0 Å². The van der Waals surface area contributed by atoms with Crippen molar-refractivity contribution in [2.24, 2.45) is 0 Å². The molecule has 1 amide bonds. The second-order valence-corrected chi connectivity index (χ2v) is 5.26. The molecule has 1 aliphatic rings. The maximum Gasteiger partial charge on any atom is 0.418 e. The van der Waals surface area contributed by atoms with Gasteiger partial charge in [-0.2, -0.15) is 0 Å². The van der Waals surface area contributed by atoms with Crippen molar-refractivity contribution in [2.45, 2.75) is 20.0 Å². The van der Waals surface area contributed by atoms with Gasteiger partial charge in [-0.05, 0) is 31.6 Å². The summed E-state index contributed by atoms with van der Waals surface area (Å²) < 4.78 is 10.8. The van der Waals surface area contributed by atoms with Crippen molar-refractivity contribution < 1.29 is 13.9 Å². The van der Waals surface area contributed by atoms with E-state index in [1.165, 1.54) is 4.90 Å². The van der Waals surface area contributed by atoms with Crippen LogP contribution in [-0.2, 0) is 4.74 Å². The number of benzene rings is 1. The molecule has 4 nitrogen and oxygen atoms in total. The van der Waals surface area contributed by atoms with Crippen LogP contribution < -0.4 is 4.90 Å². The number of furan rings is 1. The highest BCUT2D eigenvalue weighted by Gasteiger charge is 2.25. The molecule has 22 heavy (non-hydrogen) atoms. The van der Waals surface area contributed by atoms with Gasteiger partial charge in [-0.25, -0.2) is 9.69 Å². The Kier molecular flexibility index (Phi) is 3.83. The van der Waals surface area contributed by atoms with Gasteiger partial charge in [0.2, 0.25) is 0 Å². The SMILES string of the molecule is CC(C)OC(=O)N1C=C/C(=C/c2ccccc2)c2occc21. The van der Waals surface area contributed by atoms with Crippen molar-refractivity contribution in [3.05, 3.63) is 66.3 Å². The van der Waals surface area contributed by atoms with Crippen LogP contribution in [0.4, 0.5) is 10.5 Å². The van der Waals surface area contributed by atoms with Gasteiger partial charge in [0.05, 0.1) is 18.1 Å². The molecule has 0 saturated heterocycles. The quantitative estimate of drug-likeness (QED) is 0.806. The van der Waals surface area contributed by atoms with Crippen LogP contribution in [-0.4, -0.2) is 12.2 Å². The lowest BCUT2D eigenvalue weighted by Gasteiger charge is -2.22. The van der Waals surface area contributed by atoms with Crippen LogP contribution in [0.5, 0.6) is 0 Å². The number of carbonyl (C=O) groups is 1. The first-order valence-corrected chi connectivity index (χ1v) is 7.18. The zero-order valence-electron chi connectivity index (χ0n) is 12.5. The summed E-state index contributed by atoms with van der Waals surface area (Å²) in [6, 6.07) is 11.7. The molecule has 0 bridgehead atoms. The molecular weight excluding hydrogens is 278 g/mol. The highest BCUT2D eigenvalue weighted by Crippen LogP contribution is 2.35. The van der Waals surface area contributed by atoms with E-state index in [0.29, 0.717) is 11.4 Å². The van der Waals surface area contributed by atoms with Gasteiger partial charge in [-0.15, -0.1) is 0 Å². The number of fused-ring (bicyclic) bond motifs is 1. The highest BCUT2D eigenvalue weighted by molar-refractivity contribution is 6.00. The zero-order chi connectivity index (χ0) is 15.5. The summed E-state index contributed by atoms with van der Waals surface area (Å²) >= 11 is 0. The maximum absolute atomic E-state index is 12.1. The number of amides is 1. The smallest absolute Gasteiger partial charge is 0.418 e. The summed E-state index contributed by atoms with van der Waals surface area (Å²) in [5.74, 6) is 0.659. The van der Waals surface area contributed by atoms with E-state index in [1.807, 2.05) is 56.3 Å². The molecule has 0 radical (unpaired) electrons. The van der Waals surface area contributed by atoms with Gasteiger partial charge < -0.3 is 9.15 Å².